The molecule has 190 valence electrons. The van der Waals surface area contributed by atoms with Crippen molar-refractivity contribution >= 4 is 69.8 Å². The minimum atomic E-state index is -0.363. The Morgan fingerprint density at radius 3 is 2.36 bits per heavy atom. The van der Waals surface area contributed by atoms with E-state index in [4.69, 9.17) is 34.8 Å². The zero-order chi connectivity index (χ0) is 26.2. The van der Waals surface area contributed by atoms with Crippen molar-refractivity contribution < 1.29 is 9.59 Å². The Labute approximate surface area is 232 Å². The normalized spacial score (nSPS) is 12.6. The third-order valence-electron chi connectivity index (χ3n) is 6.18. The maximum absolute atomic E-state index is 13.0. The van der Waals surface area contributed by atoms with Crippen molar-refractivity contribution in [2.45, 2.75) is 32.6 Å². The molecular weight excluding hydrogens is 535 g/mol. The van der Waals surface area contributed by atoms with Crippen LogP contribution >= 0.6 is 46.6 Å². The van der Waals surface area contributed by atoms with Crippen LogP contribution in [0.5, 0.6) is 0 Å². The van der Waals surface area contributed by atoms with E-state index >= 15 is 0 Å². The number of anilines is 2. The second kappa shape index (κ2) is 13.4. The van der Waals surface area contributed by atoms with Gasteiger partial charge in [-0.2, -0.15) is 11.8 Å². The van der Waals surface area contributed by atoms with Gasteiger partial charge < -0.3 is 10.6 Å². The molecule has 0 aliphatic heterocycles. The van der Waals surface area contributed by atoms with Gasteiger partial charge in [-0.3, -0.25) is 9.59 Å². The van der Waals surface area contributed by atoms with Gasteiger partial charge in [-0.25, -0.2) is 0 Å². The first-order chi connectivity index (χ1) is 17.2. The van der Waals surface area contributed by atoms with E-state index < -0.39 is 0 Å². The van der Waals surface area contributed by atoms with Crippen LogP contribution in [0.3, 0.4) is 0 Å². The molecule has 3 aromatic carbocycles. The molecule has 0 saturated carbocycles. The number of halogens is 3. The highest BCUT2D eigenvalue weighted by molar-refractivity contribution is 7.98. The standard InChI is InChI=1S/C28H29Cl3N2O2S/c1-17(6-5-13-36-3)18(2)19-9-11-23(25(31)15-19)28(35)32-22-10-12-24(30)26(16-22)33-27(34)20-7-4-8-21(29)14-20/h4,7-12,14-18H,5-6,13H2,1-3H3,(H,32,35)(H,33,34). The SMILES string of the molecule is CSCCCC(C)C(C)c1ccc(C(=O)Nc2ccc(Cl)c(NC(=O)c3cccc(Cl)c3)c2)c(Cl)c1. The molecule has 0 aromatic heterocycles. The maximum Gasteiger partial charge on any atom is 0.257 e. The third kappa shape index (κ3) is 7.66. The van der Waals surface area contributed by atoms with Crippen LogP contribution in [0, 0.1) is 5.92 Å². The minimum Gasteiger partial charge on any atom is -0.322 e. The summed E-state index contributed by atoms with van der Waals surface area (Å²) in [6.07, 6.45) is 4.46. The summed E-state index contributed by atoms with van der Waals surface area (Å²) in [5.41, 5.74) is 2.73. The zero-order valence-electron chi connectivity index (χ0n) is 20.4. The number of hydrogen-bond donors (Lipinski definition) is 2. The lowest BCUT2D eigenvalue weighted by Gasteiger charge is -2.21. The van der Waals surface area contributed by atoms with Crippen LogP contribution in [-0.4, -0.2) is 23.8 Å². The van der Waals surface area contributed by atoms with E-state index in [1.807, 2.05) is 23.9 Å². The van der Waals surface area contributed by atoms with E-state index in [1.165, 1.54) is 6.42 Å². The molecule has 2 unspecified atom stereocenters. The molecule has 3 rings (SSSR count). The summed E-state index contributed by atoms with van der Waals surface area (Å²) in [6, 6.07) is 17.1. The molecule has 0 saturated heterocycles. The maximum atomic E-state index is 13.0. The van der Waals surface area contributed by atoms with Gasteiger partial charge in [-0.1, -0.05) is 60.8 Å². The Bertz CT molecular complexity index is 1240. The van der Waals surface area contributed by atoms with Gasteiger partial charge in [0.1, 0.15) is 0 Å². The molecule has 0 bridgehead atoms. The number of hydrogen-bond acceptors (Lipinski definition) is 3. The molecule has 2 atom stereocenters. The number of amides is 2. The van der Waals surface area contributed by atoms with Gasteiger partial charge >= 0.3 is 0 Å². The number of thioether (sulfide) groups is 1. The number of nitrogens with one attached hydrogen (secondary N) is 2. The van der Waals surface area contributed by atoms with Crippen LogP contribution in [0.1, 0.15) is 58.9 Å². The largest absolute Gasteiger partial charge is 0.322 e. The average molecular weight is 564 g/mol. The van der Waals surface area contributed by atoms with Crippen LogP contribution in [0.25, 0.3) is 0 Å². The molecule has 0 aliphatic carbocycles. The van der Waals surface area contributed by atoms with Gasteiger partial charge in [0.25, 0.3) is 11.8 Å². The summed E-state index contributed by atoms with van der Waals surface area (Å²) in [6.45, 7) is 4.45. The van der Waals surface area contributed by atoms with Gasteiger partial charge in [-0.15, -0.1) is 0 Å². The molecule has 8 heteroatoms. The first-order valence-electron chi connectivity index (χ1n) is 11.7. The first-order valence-corrected chi connectivity index (χ1v) is 14.2. The highest BCUT2D eigenvalue weighted by Crippen LogP contribution is 2.32. The molecule has 2 N–H and O–H groups in total. The second-order valence-corrected chi connectivity index (χ2v) is 11.0. The van der Waals surface area contributed by atoms with Crippen molar-refractivity contribution in [3.8, 4) is 0 Å². The van der Waals surface area contributed by atoms with Crippen LogP contribution < -0.4 is 10.6 Å². The Balaban J connectivity index is 1.70. The summed E-state index contributed by atoms with van der Waals surface area (Å²) in [5, 5.41) is 6.79. The summed E-state index contributed by atoms with van der Waals surface area (Å²) in [5.74, 6) is 1.30. The third-order valence-corrected chi connectivity index (χ3v) is 7.76. The molecule has 3 aromatic rings. The van der Waals surface area contributed by atoms with E-state index in [0.29, 0.717) is 49.4 Å². The molecular formula is C28H29Cl3N2O2S. The van der Waals surface area contributed by atoms with E-state index in [2.05, 4.69) is 30.7 Å². The fourth-order valence-corrected chi connectivity index (χ4v) is 4.93. The van der Waals surface area contributed by atoms with Gasteiger partial charge in [0.2, 0.25) is 0 Å². The van der Waals surface area contributed by atoms with E-state index in [0.717, 1.165) is 17.7 Å². The second-order valence-electron chi connectivity index (χ2n) is 8.75. The lowest BCUT2D eigenvalue weighted by atomic mass is 9.86. The molecule has 0 spiro atoms. The summed E-state index contributed by atoms with van der Waals surface area (Å²) < 4.78 is 0. The average Bonchev–Trinajstić information content (AvgIpc) is 2.85. The molecule has 36 heavy (non-hydrogen) atoms. The van der Waals surface area contributed by atoms with Gasteiger partial charge in [0, 0.05) is 16.3 Å². The molecule has 4 nitrogen and oxygen atoms in total. The smallest absolute Gasteiger partial charge is 0.257 e. The van der Waals surface area contributed by atoms with Crippen molar-refractivity contribution in [1.82, 2.24) is 0 Å². The lowest BCUT2D eigenvalue weighted by Crippen LogP contribution is -2.15. The summed E-state index contributed by atoms with van der Waals surface area (Å²) in [4.78, 5) is 25.6. The Morgan fingerprint density at radius 2 is 1.67 bits per heavy atom. The summed E-state index contributed by atoms with van der Waals surface area (Å²) in [7, 11) is 0. The topological polar surface area (TPSA) is 58.2 Å². The van der Waals surface area contributed by atoms with Crippen molar-refractivity contribution in [1.29, 1.82) is 0 Å². The Hall–Kier alpha value is -2.18. The highest BCUT2D eigenvalue weighted by atomic mass is 35.5. The fraction of sp³-hybridized carbons (Fsp3) is 0.286. The van der Waals surface area contributed by atoms with Crippen molar-refractivity contribution in [3.63, 3.8) is 0 Å². The summed E-state index contributed by atoms with van der Waals surface area (Å²) >= 11 is 20.6. The Kier molecular flexibility index (Phi) is 10.6. The zero-order valence-corrected chi connectivity index (χ0v) is 23.5. The van der Waals surface area contributed by atoms with Gasteiger partial charge in [0.15, 0.2) is 0 Å². The minimum absolute atomic E-state index is 0.336. The van der Waals surface area contributed by atoms with Gasteiger partial charge in [0.05, 0.1) is 21.3 Å². The van der Waals surface area contributed by atoms with Crippen LogP contribution in [0.2, 0.25) is 15.1 Å². The Morgan fingerprint density at radius 1 is 0.889 bits per heavy atom. The predicted octanol–water partition coefficient (Wildman–Crippen LogP) is 9.03. The predicted molar refractivity (Wildman–Crippen MR) is 155 cm³/mol. The molecule has 2 amide bonds. The van der Waals surface area contributed by atoms with Crippen LogP contribution in [-0.2, 0) is 0 Å². The molecule has 0 heterocycles. The van der Waals surface area contributed by atoms with E-state index in [-0.39, 0.29) is 11.8 Å². The lowest BCUT2D eigenvalue weighted by molar-refractivity contribution is 0.101. The van der Waals surface area contributed by atoms with Crippen molar-refractivity contribution in [2.75, 3.05) is 22.6 Å². The first kappa shape index (κ1) is 28.4. The number of carbonyl (C=O) groups is 2. The monoisotopic (exact) mass is 562 g/mol. The van der Waals surface area contributed by atoms with E-state index in [9.17, 15) is 9.59 Å². The molecule has 0 aliphatic rings. The quantitative estimate of drug-likeness (QED) is 0.242. The number of carbonyl (C=O) groups excluding carboxylic acids is 2. The van der Waals surface area contributed by atoms with E-state index in [1.54, 1.807) is 48.5 Å². The fourth-order valence-electron chi connectivity index (χ4n) is 3.85. The highest BCUT2D eigenvalue weighted by Gasteiger charge is 2.18. The number of rotatable bonds is 10. The van der Waals surface area contributed by atoms with Gasteiger partial charge in [-0.05, 0) is 90.8 Å². The number of benzene rings is 3. The van der Waals surface area contributed by atoms with Crippen LogP contribution in [0.4, 0.5) is 11.4 Å². The molecule has 0 fully saturated rings. The van der Waals surface area contributed by atoms with Crippen molar-refractivity contribution in [2.24, 2.45) is 5.92 Å². The van der Waals surface area contributed by atoms with Crippen LogP contribution in [0.15, 0.2) is 60.7 Å². The van der Waals surface area contributed by atoms with Crippen molar-refractivity contribution in [3.05, 3.63) is 92.4 Å². The molecule has 0 radical (unpaired) electrons.